The molecule has 1 N–H and O–H groups in total. The number of benzene rings is 1. The normalized spacial score (nSPS) is 12.1. The van der Waals surface area contributed by atoms with Crippen molar-refractivity contribution < 1.29 is 0 Å². The van der Waals surface area contributed by atoms with Gasteiger partial charge in [-0.15, -0.1) is 0 Å². The molecular weight excluding hydrogens is 196 g/mol. The summed E-state index contributed by atoms with van der Waals surface area (Å²) in [5.74, 6) is 0. The molecule has 2 rings (SSSR count). The second-order valence-electron chi connectivity index (χ2n) is 5.60. The van der Waals surface area contributed by atoms with Crippen LogP contribution in [0.25, 0.3) is 10.9 Å². The fraction of sp³-hybridized carbons (Fsp3) is 0.429. The van der Waals surface area contributed by atoms with Gasteiger partial charge >= 0.3 is 0 Å². The van der Waals surface area contributed by atoms with Gasteiger partial charge in [-0.05, 0) is 24.3 Å². The maximum atomic E-state index is 3.48. The molecule has 1 heterocycles. The van der Waals surface area contributed by atoms with E-state index in [-0.39, 0.29) is 5.41 Å². The fourth-order valence-electron chi connectivity index (χ4n) is 1.80. The highest BCUT2D eigenvalue weighted by atomic mass is 15.1. The van der Waals surface area contributed by atoms with Gasteiger partial charge in [0.25, 0.3) is 0 Å². The number of anilines is 1. The Labute approximate surface area is 97.3 Å². The third-order valence-corrected chi connectivity index (χ3v) is 2.93. The SMILES string of the molecule is CN(C)c1ccc2[nH]c(C(C)(C)C)cc2c1. The van der Waals surface area contributed by atoms with E-state index >= 15 is 0 Å². The summed E-state index contributed by atoms with van der Waals surface area (Å²) in [6.07, 6.45) is 0. The van der Waals surface area contributed by atoms with Crippen LogP contribution in [0, 0.1) is 0 Å². The Hall–Kier alpha value is -1.44. The van der Waals surface area contributed by atoms with Crippen molar-refractivity contribution in [1.29, 1.82) is 0 Å². The highest BCUT2D eigenvalue weighted by Crippen LogP contribution is 2.27. The maximum Gasteiger partial charge on any atom is 0.0457 e. The smallest absolute Gasteiger partial charge is 0.0457 e. The van der Waals surface area contributed by atoms with E-state index in [4.69, 9.17) is 0 Å². The lowest BCUT2D eigenvalue weighted by molar-refractivity contribution is 0.574. The number of hydrogen-bond donors (Lipinski definition) is 1. The first-order valence-corrected chi connectivity index (χ1v) is 5.68. The molecule has 0 saturated carbocycles. The average Bonchev–Trinajstić information content (AvgIpc) is 2.58. The minimum absolute atomic E-state index is 0.178. The predicted octanol–water partition coefficient (Wildman–Crippen LogP) is 3.53. The molecule has 86 valence electrons. The summed E-state index contributed by atoms with van der Waals surface area (Å²) in [6, 6.07) is 8.77. The van der Waals surface area contributed by atoms with Crippen LogP contribution in [-0.4, -0.2) is 19.1 Å². The number of fused-ring (bicyclic) bond motifs is 1. The molecule has 0 aliphatic carbocycles. The van der Waals surface area contributed by atoms with Gasteiger partial charge in [0.1, 0.15) is 0 Å². The predicted molar refractivity (Wildman–Crippen MR) is 71.3 cm³/mol. The second-order valence-corrected chi connectivity index (χ2v) is 5.60. The van der Waals surface area contributed by atoms with Crippen molar-refractivity contribution in [3.8, 4) is 0 Å². The van der Waals surface area contributed by atoms with Gasteiger partial charge in [0.15, 0.2) is 0 Å². The first-order chi connectivity index (χ1) is 7.38. The van der Waals surface area contributed by atoms with Gasteiger partial charge in [0.2, 0.25) is 0 Å². The van der Waals surface area contributed by atoms with E-state index in [0.717, 1.165) is 0 Å². The van der Waals surface area contributed by atoms with Crippen molar-refractivity contribution in [2.24, 2.45) is 0 Å². The van der Waals surface area contributed by atoms with Gasteiger partial charge in [-0.2, -0.15) is 0 Å². The Morgan fingerprint density at radius 1 is 1.06 bits per heavy atom. The number of aromatic nitrogens is 1. The Morgan fingerprint density at radius 3 is 2.31 bits per heavy atom. The zero-order valence-electron chi connectivity index (χ0n) is 10.8. The van der Waals surface area contributed by atoms with Crippen molar-refractivity contribution in [1.82, 2.24) is 4.98 Å². The summed E-state index contributed by atoms with van der Waals surface area (Å²) in [6.45, 7) is 6.68. The average molecular weight is 216 g/mol. The van der Waals surface area contributed by atoms with Crippen LogP contribution >= 0.6 is 0 Å². The molecule has 0 saturated heterocycles. The molecule has 0 bridgehead atoms. The van der Waals surface area contributed by atoms with Crippen LogP contribution in [0.5, 0.6) is 0 Å². The number of nitrogens with zero attached hydrogens (tertiary/aromatic N) is 1. The van der Waals surface area contributed by atoms with Crippen molar-refractivity contribution in [3.05, 3.63) is 30.0 Å². The lowest BCUT2D eigenvalue weighted by Crippen LogP contribution is -2.10. The molecule has 0 spiro atoms. The van der Waals surface area contributed by atoms with Crippen LogP contribution in [0.3, 0.4) is 0 Å². The molecular formula is C14H20N2. The maximum absolute atomic E-state index is 3.48. The molecule has 2 aromatic rings. The third-order valence-electron chi connectivity index (χ3n) is 2.93. The molecule has 2 nitrogen and oxygen atoms in total. The van der Waals surface area contributed by atoms with E-state index < -0.39 is 0 Å². The van der Waals surface area contributed by atoms with E-state index in [9.17, 15) is 0 Å². The highest BCUT2D eigenvalue weighted by Gasteiger charge is 2.16. The summed E-state index contributed by atoms with van der Waals surface area (Å²) in [5.41, 5.74) is 3.93. The van der Waals surface area contributed by atoms with Crippen molar-refractivity contribution in [3.63, 3.8) is 0 Å². The lowest BCUT2D eigenvalue weighted by atomic mass is 9.92. The minimum Gasteiger partial charge on any atom is -0.378 e. The van der Waals surface area contributed by atoms with Crippen LogP contribution in [0.15, 0.2) is 24.3 Å². The topological polar surface area (TPSA) is 19.0 Å². The van der Waals surface area contributed by atoms with Crippen molar-refractivity contribution in [2.45, 2.75) is 26.2 Å². The molecule has 2 heteroatoms. The van der Waals surface area contributed by atoms with Crippen molar-refractivity contribution in [2.75, 3.05) is 19.0 Å². The summed E-state index contributed by atoms with van der Waals surface area (Å²) in [5, 5.41) is 1.29. The molecule has 16 heavy (non-hydrogen) atoms. The molecule has 0 unspecified atom stereocenters. The van der Waals surface area contributed by atoms with Crippen LogP contribution in [0.2, 0.25) is 0 Å². The first kappa shape index (κ1) is 11.1. The van der Waals surface area contributed by atoms with Crippen LogP contribution in [0.1, 0.15) is 26.5 Å². The number of hydrogen-bond acceptors (Lipinski definition) is 1. The van der Waals surface area contributed by atoms with Crippen LogP contribution in [0.4, 0.5) is 5.69 Å². The summed E-state index contributed by atoms with van der Waals surface area (Å²) in [4.78, 5) is 5.61. The van der Waals surface area contributed by atoms with Crippen molar-refractivity contribution >= 4 is 16.6 Å². The zero-order chi connectivity index (χ0) is 11.9. The van der Waals surface area contributed by atoms with Gasteiger partial charge in [0, 0.05) is 41.8 Å². The largest absolute Gasteiger partial charge is 0.378 e. The van der Waals surface area contributed by atoms with Gasteiger partial charge in [-0.3, -0.25) is 0 Å². The number of rotatable bonds is 1. The van der Waals surface area contributed by atoms with Crippen LogP contribution < -0.4 is 4.90 Å². The third kappa shape index (κ3) is 1.92. The number of aromatic amines is 1. The van der Waals surface area contributed by atoms with Gasteiger partial charge in [-0.25, -0.2) is 0 Å². The minimum atomic E-state index is 0.178. The Morgan fingerprint density at radius 2 is 1.75 bits per heavy atom. The summed E-state index contributed by atoms with van der Waals surface area (Å²) < 4.78 is 0. The zero-order valence-corrected chi connectivity index (χ0v) is 10.8. The quantitative estimate of drug-likeness (QED) is 0.772. The molecule has 0 aliphatic rings. The summed E-state index contributed by atoms with van der Waals surface area (Å²) in [7, 11) is 4.14. The molecule has 0 fully saturated rings. The number of nitrogens with one attached hydrogen (secondary N) is 1. The molecule has 0 aliphatic heterocycles. The monoisotopic (exact) mass is 216 g/mol. The molecule has 0 amide bonds. The van der Waals surface area contributed by atoms with Gasteiger partial charge in [-0.1, -0.05) is 20.8 Å². The standard InChI is InChI=1S/C14H20N2/c1-14(2,3)13-9-10-8-11(16(4)5)6-7-12(10)15-13/h6-9,15H,1-5H3. The van der Waals surface area contributed by atoms with Crippen LogP contribution in [-0.2, 0) is 5.41 Å². The Kier molecular flexibility index (Phi) is 2.45. The fourth-order valence-corrected chi connectivity index (χ4v) is 1.80. The first-order valence-electron chi connectivity index (χ1n) is 5.68. The van der Waals surface area contributed by atoms with E-state index in [1.807, 2.05) is 0 Å². The molecule has 0 atom stereocenters. The molecule has 1 aromatic carbocycles. The molecule has 1 aromatic heterocycles. The van der Waals surface area contributed by atoms with Gasteiger partial charge in [0.05, 0.1) is 0 Å². The van der Waals surface area contributed by atoms with E-state index in [0.29, 0.717) is 0 Å². The van der Waals surface area contributed by atoms with E-state index in [2.05, 4.69) is 69.0 Å². The van der Waals surface area contributed by atoms with E-state index in [1.54, 1.807) is 0 Å². The molecule has 0 radical (unpaired) electrons. The lowest BCUT2D eigenvalue weighted by Gasteiger charge is -2.15. The van der Waals surface area contributed by atoms with Gasteiger partial charge < -0.3 is 9.88 Å². The Bertz CT molecular complexity index is 501. The Balaban J connectivity index is 2.54. The summed E-state index contributed by atoms with van der Waals surface area (Å²) >= 11 is 0. The van der Waals surface area contributed by atoms with E-state index in [1.165, 1.54) is 22.3 Å². The number of H-pyrrole nitrogens is 1. The highest BCUT2D eigenvalue weighted by molar-refractivity contribution is 5.84. The second kappa shape index (κ2) is 3.55.